The summed E-state index contributed by atoms with van der Waals surface area (Å²) in [6, 6.07) is 3.88. The molecule has 1 atom stereocenters. The summed E-state index contributed by atoms with van der Waals surface area (Å²) < 4.78 is 5.29. The largest absolute Gasteiger partial charge is 0.468 e. The van der Waals surface area contributed by atoms with Crippen molar-refractivity contribution >= 4 is 11.3 Å². The van der Waals surface area contributed by atoms with Crippen LogP contribution < -0.4 is 5.32 Å². The SMILES string of the molecule is Cc1ccoc1CNCC(O)c1ccsc1. The van der Waals surface area contributed by atoms with E-state index in [-0.39, 0.29) is 0 Å². The lowest BCUT2D eigenvalue weighted by Crippen LogP contribution is -2.20. The molecule has 0 saturated carbocycles. The lowest BCUT2D eigenvalue weighted by molar-refractivity contribution is 0.174. The monoisotopic (exact) mass is 237 g/mol. The molecule has 0 aromatic carbocycles. The van der Waals surface area contributed by atoms with Crippen LogP contribution in [-0.2, 0) is 6.54 Å². The Hall–Kier alpha value is -1.10. The first-order valence-corrected chi connectivity index (χ1v) is 6.15. The maximum atomic E-state index is 9.82. The van der Waals surface area contributed by atoms with E-state index in [9.17, 15) is 5.11 Å². The molecule has 0 aliphatic rings. The van der Waals surface area contributed by atoms with Crippen LogP contribution in [0.3, 0.4) is 0 Å². The lowest BCUT2D eigenvalue weighted by atomic mass is 10.2. The van der Waals surface area contributed by atoms with E-state index in [1.807, 2.05) is 29.8 Å². The Morgan fingerprint density at radius 1 is 1.50 bits per heavy atom. The van der Waals surface area contributed by atoms with E-state index in [0.717, 1.165) is 16.9 Å². The minimum Gasteiger partial charge on any atom is -0.468 e. The Morgan fingerprint density at radius 3 is 3.00 bits per heavy atom. The van der Waals surface area contributed by atoms with Gasteiger partial charge in [-0.25, -0.2) is 0 Å². The zero-order valence-corrected chi connectivity index (χ0v) is 9.96. The normalized spacial score (nSPS) is 12.9. The van der Waals surface area contributed by atoms with Gasteiger partial charge in [-0.05, 0) is 40.9 Å². The average Bonchev–Trinajstić information content (AvgIpc) is 2.90. The van der Waals surface area contributed by atoms with Gasteiger partial charge in [0.05, 0.1) is 18.9 Å². The van der Waals surface area contributed by atoms with Gasteiger partial charge in [0.15, 0.2) is 0 Å². The summed E-state index contributed by atoms with van der Waals surface area (Å²) >= 11 is 1.60. The van der Waals surface area contributed by atoms with Crippen molar-refractivity contribution in [2.75, 3.05) is 6.54 Å². The van der Waals surface area contributed by atoms with Crippen LogP contribution in [0.15, 0.2) is 33.6 Å². The smallest absolute Gasteiger partial charge is 0.120 e. The Balaban J connectivity index is 1.78. The third-order valence-corrected chi connectivity index (χ3v) is 3.22. The molecule has 4 heteroatoms. The van der Waals surface area contributed by atoms with Crippen LogP contribution in [0.5, 0.6) is 0 Å². The highest BCUT2D eigenvalue weighted by Crippen LogP contribution is 2.15. The fourth-order valence-electron chi connectivity index (χ4n) is 1.49. The molecule has 1 unspecified atom stereocenters. The van der Waals surface area contributed by atoms with E-state index in [0.29, 0.717) is 13.1 Å². The third kappa shape index (κ3) is 2.72. The van der Waals surface area contributed by atoms with Crippen molar-refractivity contribution in [1.29, 1.82) is 0 Å². The Kier molecular flexibility index (Phi) is 3.77. The van der Waals surface area contributed by atoms with Crippen molar-refractivity contribution in [3.8, 4) is 0 Å². The number of furan rings is 1. The molecule has 0 aliphatic heterocycles. The zero-order chi connectivity index (χ0) is 11.4. The van der Waals surface area contributed by atoms with Crippen molar-refractivity contribution in [2.24, 2.45) is 0 Å². The van der Waals surface area contributed by atoms with Gasteiger partial charge >= 0.3 is 0 Å². The molecule has 0 spiro atoms. The quantitative estimate of drug-likeness (QED) is 0.839. The van der Waals surface area contributed by atoms with Gasteiger partial charge in [0.1, 0.15) is 5.76 Å². The van der Waals surface area contributed by atoms with Crippen molar-refractivity contribution < 1.29 is 9.52 Å². The predicted molar refractivity (Wildman–Crippen MR) is 64.4 cm³/mol. The van der Waals surface area contributed by atoms with Crippen molar-refractivity contribution in [1.82, 2.24) is 5.32 Å². The van der Waals surface area contributed by atoms with Crippen molar-refractivity contribution in [3.05, 3.63) is 46.0 Å². The highest BCUT2D eigenvalue weighted by molar-refractivity contribution is 7.07. The first-order chi connectivity index (χ1) is 7.77. The summed E-state index contributed by atoms with van der Waals surface area (Å²) in [5.74, 6) is 0.928. The van der Waals surface area contributed by atoms with E-state index in [1.165, 1.54) is 0 Å². The summed E-state index contributed by atoms with van der Waals surface area (Å²) in [7, 11) is 0. The van der Waals surface area contributed by atoms with Crippen LogP contribution in [0.1, 0.15) is 23.0 Å². The van der Waals surface area contributed by atoms with Crippen LogP contribution >= 0.6 is 11.3 Å². The lowest BCUT2D eigenvalue weighted by Gasteiger charge is -2.09. The number of aryl methyl sites for hydroxylation is 1. The molecule has 0 bridgehead atoms. The summed E-state index contributed by atoms with van der Waals surface area (Å²) in [6.07, 6.45) is 1.24. The van der Waals surface area contributed by atoms with E-state index < -0.39 is 6.10 Å². The molecule has 16 heavy (non-hydrogen) atoms. The Labute approximate surface area is 98.7 Å². The first kappa shape index (κ1) is 11.4. The predicted octanol–water partition coefficient (Wildman–Crippen LogP) is 2.47. The molecule has 86 valence electrons. The zero-order valence-electron chi connectivity index (χ0n) is 9.14. The van der Waals surface area contributed by atoms with Crippen molar-refractivity contribution in [2.45, 2.75) is 19.6 Å². The van der Waals surface area contributed by atoms with Crippen LogP contribution in [0.2, 0.25) is 0 Å². The molecule has 0 aliphatic carbocycles. The Bertz CT molecular complexity index is 422. The van der Waals surface area contributed by atoms with Crippen LogP contribution in [0.4, 0.5) is 0 Å². The molecule has 0 amide bonds. The number of aliphatic hydroxyl groups is 1. The molecule has 0 saturated heterocycles. The number of hydrogen-bond donors (Lipinski definition) is 2. The third-order valence-electron chi connectivity index (χ3n) is 2.52. The Morgan fingerprint density at radius 2 is 2.38 bits per heavy atom. The second kappa shape index (κ2) is 5.30. The molecular weight excluding hydrogens is 222 g/mol. The fraction of sp³-hybridized carbons (Fsp3) is 0.333. The number of nitrogens with one attached hydrogen (secondary N) is 1. The van der Waals surface area contributed by atoms with Gasteiger partial charge in [-0.15, -0.1) is 0 Å². The van der Waals surface area contributed by atoms with Gasteiger partial charge in [0.2, 0.25) is 0 Å². The standard InChI is InChI=1S/C12H15NO2S/c1-9-2-4-15-12(9)7-13-6-11(14)10-3-5-16-8-10/h2-5,8,11,13-14H,6-7H2,1H3. The maximum Gasteiger partial charge on any atom is 0.120 e. The number of thiophene rings is 1. The summed E-state index contributed by atoms with van der Waals surface area (Å²) in [6.45, 7) is 3.20. The average molecular weight is 237 g/mol. The van der Waals surface area contributed by atoms with E-state index >= 15 is 0 Å². The number of aliphatic hydroxyl groups excluding tert-OH is 1. The summed E-state index contributed by atoms with van der Waals surface area (Å²) in [5.41, 5.74) is 2.10. The highest BCUT2D eigenvalue weighted by atomic mass is 32.1. The van der Waals surface area contributed by atoms with Crippen LogP contribution in [0, 0.1) is 6.92 Å². The maximum absolute atomic E-state index is 9.82. The van der Waals surface area contributed by atoms with Crippen LogP contribution in [-0.4, -0.2) is 11.7 Å². The molecule has 0 fully saturated rings. The minimum absolute atomic E-state index is 0.443. The van der Waals surface area contributed by atoms with Gasteiger partial charge in [0, 0.05) is 6.54 Å². The molecule has 2 aromatic rings. The molecule has 0 radical (unpaired) electrons. The molecule has 2 heterocycles. The molecule has 3 nitrogen and oxygen atoms in total. The molecular formula is C12H15NO2S. The van der Waals surface area contributed by atoms with Gasteiger partial charge in [-0.1, -0.05) is 0 Å². The van der Waals surface area contributed by atoms with E-state index in [1.54, 1.807) is 17.6 Å². The number of hydrogen-bond acceptors (Lipinski definition) is 4. The van der Waals surface area contributed by atoms with Gasteiger partial charge in [0.25, 0.3) is 0 Å². The summed E-state index contributed by atoms with van der Waals surface area (Å²) in [5, 5.41) is 16.9. The summed E-state index contributed by atoms with van der Waals surface area (Å²) in [4.78, 5) is 0. The fourth-order valence-corrected chi connectivity index (χ4v) is 2.20. The molecule has 2 N–H and O–H groups in total. The van der Waals surface area contributed by atoms with E-state index in [4.69, 9.17) is 4.42 Å². The van der Waals surface area contributed by atoms with Gasteiger partial charge in [-0.2, -0.15) is 11.3 Å². The first-order valence-electron chi connectivity index (χ1n) is 5.21. The van der Waals surface area contributed by atoms with Gasteiger partial charge < -0.3 is 14.8 Å². The highest BCUT2D eigenvalue weighted by Gasteiger charge is 2.08. The topological polar surface area (TPSA) is 45.4 Å². The second-order valence-corrected chi connectivity index (χ2v) is 4.51. The van der Waals surface area contributed by atoms with Crippen molar-refractivity contribution in [3.63, 3.8) is 0 Å². The molecule has 2 rings (SSSR count). The molecule has 2 aromatic heterocycles. The minimum atomic E-state index is -0.443. The van der Waals surface area contributed by atoms with Crippen LogP contribution in [0.25, 0.3) is 0 Å². The second-order valence-electron chi connectivity index (χ2n) is 3.73. The van der Waals surface area contributed by atoms with E-state index in [2.05, 4.69) is 5.32 Å². The number of rotatable bonds is 5. The van der Waals surface area contributed by atoms with Gasteiger partial charge in [-0.3, -0.25) is 0 Å².